The standard InChI is InChI=1S/C12H24N2O2/c1-11(2)9-14(5-8-16-11)10-12(13)3-6-15-7-4-12/h3-10,13H2,1-2H3. The molecule has 0 radical (unpaired) electrons. The zero-order chi connectivity index (χ0) is 11.6. The molecule has 2 aliphatic heterocycles. The van der Waals surface area contributed by atoms with E-state index in [1.165, 1.54) is 0 Å². The maximum absolute atomic E-state index is 6.42. The summed E-state index contributed by atoms with van der Waals surface area (Å²) in [6.07, 6.45) is 1.95. The van der Waals surface area contributed by atoms with Gasteiger partial charge in [0.2, 0.25) is 0 Å². The highest BCUT2D eigenvalue weighted by Crippen LogP contribution is 2.22. The summed E-state index contributed by atoms with van der Waals surface area (Å²) in [5.41, 5.74) is 6.34. The predicted molar refractivity (Wildman–Crippen MR) is 63.4 cm³/mol. The van der Waals surface area contributed by atoms with Crippen LogP contribution >= 0.6 is 0 Å². The number of nitrogens with zero attached hydrogens (tertiary/aromatic N) is 1. The van der Waals surface area contributed by atoms with Gasteiger partial charge in [0, 0.05) is 38.4 Å². The van der Waals surface area contributed by atoms with Crippen LogP contribution in [0.1, 0.15) is 26.7 Å². The molecule has 0 spiro atoms. The molecular weight excluding hydrogens is 204 g/mol. The Morgan fingerprint density at radius 3 is 2.50 bits per heavy atom. The molecule has 0 unspecified atom stereocenters. The van der Waals surface area contributed by atoms with Gasteiger partial charge in [-0.3, -0.25) is 4.90 Å². The lowest BCUT2D eigenvalue weighted by Gasteiger charge is -2.43. The van der Waals surface area contributed by atoms with E-state index in [1.807, 2.05) is 0 Å². The third kappa shape index (κ3) is 3.17. The number of hydrogen-bond acceptors (Lipinski definition) is 4. The summed E-state index contributed by atoms with van der Waals surface area (Å²) < 4.78 is 11.1. The first-order valence-electron chi connectivity index (χ1n) is 6.22. The van der Waals surface area contributed by atoms with Crippen molar-refractivity contribution in [3.63, 3.8) is 0 Å². The SMILES string of the molecule is CC1(C)CN(CC2(N)CCOCC2)CCO1. The highest BCUT2D eigenvalue weighted by atomic mass is 16.5. The Kier molecular flexibility index (Phi) is 3.54. The minimum atomic E-state index is -0.0499. The van der Waals surface area contributed by atoms with Crippen LogP contribution in [0.2, 0.25) is 0 Å². The number of ether oxygens (including phenoxy) is 2. The van der Waals surface area contributed by atoms with Crippen LogP contribution in [0.25, 0.3) is 0 Å². The van der Waals surface area contributed by atoms with E-state index in [0.29, 0.717) is 0 Å². The summed E-state index contributed by atoms with van der Waals surface area (Å²) in [5.74, 6) is 0. The summed E-state index contributed by atoms with van der Waals surface area (Å²) in [7, 11) is 0. The second-order valence-corrected chi connectivity index (χ2v) is 5.79. The smallest absolute Gasteiger partial charge is 0.0753 e. The molecule has 4 nitrogen and oxygen atoms in total. The Morgan fingerprint density at radius 1 is 1.19 bits per heavy atom. The van der Waals surface area contributed by atoms with Crippen LogP contribution in [0.4, 0.5) is 0 Å². The molecule has 2 heterocycles. The molecule has 2 saturated heterocycles. The minimum Gasteiger partial charge on any atom is -0.381 e. The second-order valence-electron chi connectivity index (χ2n) is 5.79. The van der Waals surface area contributed by atoms with Gasteiger partial charge in [-0.15, -0.1) is 0 Å². The molecule has 2 rings (SSSR count). The maximum Gasteiger partial charge on any atom is 0.0753 e. The lowest BCUT2D eigenvalue weighted by Crippen LogP contribution is -2.58. The van der Waals surface area contributed by atoms with E-state index in [0.717, 1.165) is 52.3 Å². The first kappa shape index (κ1) is 12.3. The van der Waals surface area contributed by atoms with Gasteiger partial charge in [0.1, 0.15) is 0 Å². The van der Waals surface area contributed by atoms with Crippen molar-refractivity contribution >= 4 is 0 Å². The molecular formula is C12H24N2O2. The zero-order valence-corrected chi connectivity index (χ0v) is 10.5. The predicted octanol–water partition coefficient (Wildman–Crippen LogP) is 0.605. The van der Waals surface area contributed by atoms with Crippen molar-refractivity contribution in [3.05, 3.63) is 0 Å². The lowest BCUT2D eigenvalue weighted by molar-refractivity contribution is -0.0937. The fraction of sp³-hybridized carbons (Fsp3) is 1.00. The Bertz CT molecular complexity index is 237. The van der Waals surface area contributed by atoms with E-state index in [4.69, 9.17) is 15.2 Å². The zero-order valence-electron chi connectivity index (χ0n) is 10.5. The number of hydrogen-bond donors (Lipinski definition) is 1. The van der Waals surface area contributed by atoms with Crippen LogP contribution in [-0.4, -0.2) is 55.5 Å². The first-order chi connectivity index (χ1) is 7.49. The largest absolute Gasteiger partial charge is 0.381 e. The highest BCUT2D eigenvalue weighted by Gasteiger charge is 2.34. The molecule has 94 valence electrons. The van der Waals surface area contributed by atoms with Crippen LogP contribution in [-0.2, 0) is 9.47 Å². The normalized spacial score (nSPS) is 30.2. The quantitative estimate of drug-likeness (QED) is 0.752. The topological polar surface area (TPSA) is 47.7 Å². The van der Waals surface area contributed by atoms with Gasteiger partial charge < -0.3 is 15.2 Å². The summed E-state index contributed by atoms with van der Waals surface area (Å²) in [6.45, 7) is 9.69. The molecule has 0 aliphatic carbocycles. The molecule has 0 aromatic carbocycles. The van der Waals surface area contributed by atoms with E-state index >= 15 is 0 Å². The molecule has 0 aromatic heterocycles. The van der Waals surface area contributed by atoms with Crippen LogP contribution in [0.5, 0.6) is 0 Å². The summed E-state index contributed by atoms with van der Waals surface area (Å²) >= 11 is 0. The van der Waals surface area contributed by atoms with Crippen LogP contribution in [0.3, 0.4) is 0 Å². The van der Waals surface area contributed by atoms with Gasteiger partial charge in [-0.05, 0) is 26.7 Å². The fourth-order valence-corrected chi connectivity index (χ4v) is 2.63. The summed E-state index contributed by atoms with van der Waals surface area (Å²) in [6, 6.07) is 0. The van der Waals surface area contributed by atoms with E-state index in [1.54, 1.807) is 0 Å². The van der Waals surface area contributed by atoms with E-state index in [9.17, 15) is 0 Å². The molecule has 2 fully saturated rings. The Labute approximate surface area is 98.1 Å². The molecule has 2 aliphatic rings. The molecule has 16 heavy (non-hydrogen) atoms. The van der Waals surface area contributed by atoms with Gasteiger partial charge in [0.15, 0.2) is 0 Å². The van der Waals surface area contributed by atoms with Crippen molar-refractivity contribution in [3.8, 4) is 0 Å². The molecule has 0 amide bonds. The highest BCUT2D eigenvalue weighted by molar-refractivity contribution is 4.92. The minimum absolute atomic E-state index is 0.0280. The van der Waals surface area contributed by atoms with E-state index < -0.39 is 0 Å². The van der Waals surface area contributed by atoms with Gasteiger partial charge >= 0.3 is 0 Å². The van der Waals surface area contributed by atoms with Gasteiger partial charge in [0.25, 0.3) is 0 Å². The fourth-order valence-electron chi connectivity index (χ4n) is 2.63. The molecule has 2 N–H and O–H groups in total. The van der Waals surface area contributed by atoms with Crippen molar-refractivity contribution < 1.29 is 9.47 Å². The van der Waals surface area contributed by atoms with Crippen molar-refractivity contribution in [1.29, 1.82) is 0 Å². The van der Waals surface area contributed by atoms with Gasteiger partial charge in [-0.2, -0.15) is 0 Å². The van der Waals surface area contributed by atoms with Gasteiger partial charge in [-0.25, -0.2) is 0 Å². The molecule has 4 heteroatoms. The van der Waals surface area contributed by atoms with Crippen molar-refractivity contribution in [2.45, 2.75) is 37.8 Å². The summed E-state index contributed by atoms with van der Waals surface area (Å²) in [5, 5.41) is 0. The molecule has 0 saturated carbocycles. The van der Waals surface area contributed by atoms with Crippen LogP contribution in [0, 0.1) is 0 Å². The van der Waals surface area contributed by atoms with Crippen LogP contribution < -0.4 is 5.73 Å². The van der Waals surface area contributed by atoms with Crippen molar-refractivity contribution in [1.82, 2.24) is 4.90 Å². The number of rotatable bonds is 2. The second kappa shape index (κ2) is 4.61. The van der Waals surface area contributed by atoms with E-state index in [2.05, 4.69) is 18.7 Å². The average molecular weight is 228 g/mol. The maximum atomic E-state index is 6.42. The third-order valence-electron chi connectivity index (χ3n) is 3.53. The summed E-state index contributed by atoms with van der Waals surface area (Å²) in [4.78, 5) is 2.44. The first-order valence-corrected chi connectivity index (χ1v) is 6.22. The van der Waals surface area contributed by atoms with Gasteiger partial charge in [0.05, 0.1) is 12.2 Å². The van der Waals surface area contributed by atoms with Crippen molar-refractivity contribution in [2.24, 2.45) is 5.73 Å². The lowest BCUT2D eigenvalue weighted by atomic mass is 9.90. The third-order valence-corrected chi connectivity index (χ3v) is 3.53. The molecule has 0 aromatic rings. The molecule has 0 bridgehead atoms. The van der Waals surface area contributed by atoms with E-state index in [-0.39, 0.29) is 11.1 Å². The van der Waals surface area contributed by atoms with Crippen molar-refractivity contribution in [2.75, 3.05) is 39.5 Å². The Balaban J connectivity index is 1.88. The number of nitrogens with two attached hydrogens (primary N) is 1. The van der Waals surface area contributed by atoms with Crippen LogP contribution in [0.15, 0.2) is 0 Å². The monoisotopic (exact) mass is 228 g/mol. The number of morpholine rings is 1. The molecule has 0 atom stereocenters. The Morgan fingerprint density at radius 2 is 1.88 bits per heavy atom. The Hall–Kier alpha value is -0.160. The average Bonchev–Trinajstić information content (AvgIpc) is 2.16. The van der Waals surface area contributed by atoms with Gasteiger partial charge in [-0.1, -0.05) is 0 Å².